The van der Waals surface area contributed by atoms with E-state index < -0.39 is 0 Å². The van der Waals surface area contributed by atoms with E-state index in [4.69, 9.17) is 4.74 Å². The standard InChI is InChI=1S/C23H30N2O3S/c1-3-4-8-18-11-13-19(14-12-18)22(27)28-15-20-16-29-23(24-20)25(17(2)26)21-9-6-5-7-10-21/h5-7,9-10,16,18-19H,3-4,8,11-15H2,1-2H3. The predicted molar refractivity (Wildman–Crippen MR) is 116 cm³/mol. The lowest BCUT2D eigenvalue weighted by Gasteiger charge is -2.27. The molecule has 0 saturated heterocycles. The molecule has 2 aromatic rings. The third kappa shape index (κ3) is 5.89. The SMILES string of the molecule is CCCCC1CCC(C(=O)OCc2csc(N(C(C)=O)c3ccccc3)n2)CC1. The number of amides is 1. The molecular weight excluding hydrogens is 384 g/mol. The van der Waals surface area contributed by atoms with Crippen molar-refractivity contribution in [1.82, 2.24) is 4.98 Å². The molecule has 1 amide bonds. The summed E-state index contributed by atoms with van der Waals surface area (Å²) < 4.78 is 5.54. The minimum absolute atomic E-state index is 0.0176. The van der Waals surface area contributed by atoms with Gasteiger partial charge in [-0.15, -0.1) is 11.3 Å². The number of esters is 1. The summed E-state index contributed by atoms with van der Waals surface area (Å²) >= 11 is 1.38. The van der Waals surface area contributed by atoms with Crippen molar-refractivity contribution in [3.63, 3.8) is 0 Å². The fourth-order valence-corrected chi connectivity index (χ4v) is 4.78. The zero-order valence-electron chi connectivity index (χ0n) is 17.3. The minimum Gasteiger partial charge on any atom is -0.459 e. The topological polar surface area (TPSA) is 59.5 Å². The van der Waals surface area contributed by atoms with Crippen LogP contribution in [0, 0.1) is 11.8 Å². The fourth-order valence-electron chi connectivity index (χ4n) is 3.91. The van der Waals surface area contributed by atoms with E-state index in [-0.39, 0.29) is 24.4 Å². The van der Waals surface area contributed by atoms with Crippen molar-refractivity contribution in [2.75, 3.05) is 4.90 Å². The normalized spacial score (nSPS) is 19.0. The van der Waals surface area contributed by atoms with E-state index in [1.54, 1.807) is 4.90 Å². The third-order valence-electron chi connectivity index (χ3n) is 5.57. The Morgan fingerprint density at radius 2 is 1.90 bits per heavy atom. The van der Waals surface area contributed by atoms with Crippen molar-refractivity contribution in [3.05, 3.63) is 41.4 Å². The molecular formula is C23H30N2O3S. The Balaban J connectivity index is 1.53. The van der Waals surface area contributed by atoms with Crippen LogP contribution in [0.1, 0.15) is 64.5 Å². The highest BCUT2D eigenvalue weighted by atomic mass is 32.1. The second-order valence-electron chi connectivity index (χ2n) is 7.78. The number of hydrogen-bond donors (Lipinski definition) is 0. The van der Waals surface area contributed by atoms with Crippen molar-refractivity contribution in [2.24, 2.45) is 11.8 Å². The second-order valence-corrected chi connectivity index (χ2v) is 8.62. The molecule has 0 unspecified atom stereocenters. The van der Waals surface area contributed by atoms with Gasteiger partial charge in [0, 0.05) is 12.3 Å². The van der Waals surface area contributed by atoms with E-state index >= 15 is 0 Å². The number of rotatable bonds is 8. The smallest absolute Gasteiger partial charge is 0.309 e. The summed E-state index contributed by atoms with van der Waals surface area (Å²) in [5.74, 6) is 0.577. The summed E-state index contributed by atoms with van der Waals surface area (Å²) in [4.78, 5) is 30.7. The summed E-state index contributed by atoms with van der Waals surface area (Å²) in [7, 11) is 0. The average molecular weight is 415 g/mol. The Morgan fingerprint density at radius 3 is 2.55 bits per heavy atom. The van der Waals surface area contributed by atoms with Crippen LogP contribution in [0.25, 0.3) is 0 Å². The van der Waals surface area contributed by atoms with Crippen LogP contribution >= 0.6 is 11.3 Å². The zero-order valence-corrected chi connectivity index (χ0v) is 18.1. The van der Waals surface area contributed by atoms with Gasteiger partial charge in [0.2, 0.25) is 5.91 Å². The maximum Gasteiger partial charge on any atom is 0.309 e. The average Bonchev–Trinajstić information content (AvgIpc) is 3.20. The van der Waals surface area contributed by atoms with Crippen LogP contribution in [-0.4, -0.2) is 16.9 Å². The van der Waals surface area contributed by atoms with Gasteiger partial charge in [-0.05, 0) is 43.7 Å². The van der Waals surface area contributed by atoms with Gasteiger partial charge in [-0.2, -0.15) is 0 Å². The zero-order chi connectivity index (χ0) is 20.6. The first kappa shape index (κ1) is 21.5. The molecule has 6 heteroatoms. The molecule has 1 fully saturated rings. The highest BCUT2D eigenvalue weighted by Crippen LogP contribution is 2.33. The molecule has 1 aliphatic rings. The summed E-state index contributed by atoms with van der Waals surface area (Å²) in [6.45, 7) is 3.90. The Kier molecular flexibility index (Phi) is 7.81. The molecule has 0 N–H and O–H groups in total. The Morgan fingerprint density at radius 1 is 1.17 bits per heavy atom. The molecule has 1 aromatic carbocycles. The van der Waals surface area contributed by atoms with E-state index in [1.807, 2.05) is 35.7 Å². The van der Waals surface area contributed by atoms with Crippen LogP contribution in [-0.2, 0) is 20.9 Å². The molecule has 1 aliphatic carbocycles. The molecule has 0 atom stereocenters. The number of carbonyl (C=O) groups is 2. The number of nitrogens with zero attached hydrogens (tertiary/aromatic N) is 2. The van der Waals surface area contributed by atoms with Crippen molar-refractivity contribution < 1.29 is 14.3 Å². The summed E-state index contributed by atoms with van der Waals surface area (Å²) in [5.41, 5.74) is 1.45. The van der Waals surface area contributed by atoms with E-state index in [1.165, 1.54) is 37.5 Å². The monoisotopic (exact) mass is 414 g/mol. The molecule has 29 heavy (non-hydrogen) atoms. The molecule has 3 rings (SSSR count). The number of thiazole rings is 1. The number of para-hydroxylation sites is 1. The van der Waals surface area contributed by atoms with Crippen molar-refractivity contribution >= 4 is 34.0 Å². The van der Waals surface area contributed by atoms with Gasteiger partial charge in [0.1, 0.15) is 6.61 Å². The van der Waals surface area contributed by atoms with Crippen LogP contribution in [0.5, 0.6) is 0 Å². The second kappa shape index (κ2) is 10.5. The van der Waals surface area contributed by atoms with Gasteiger partial charge in [-0.25, -0.2) is 4.98 Å². The largest absolute Gasteiger partial charge is 0.459 e. The van der Waals surface area contributed by atoms with E-state index in [2.05, 4.69) is 11.9 Å². The van der Waals surface area contributed by atoms with Gasteiger partial charge in [0.15, 0.2) is 5.13 Å². The molecule has 0 radical (unpaired) electrons. The van der Waals surface area contributed by atoms with Gasteiger partial charge in [-0.1, -0.05) is 44.4 Å². The Labute approximate surface area is 177 Å². The molecule has 0 spiro atoms. The summed E-state index contributed by atoms with van der Waals surface area (Å²) in [5, 5.41) is 2.44. The number of ether oxygens (including phenoxy) is 1. The molecule has 0 aliphatic heterocycles. The maximum absolute atomic E-state index is 12.5. The van der Waals surface area contributed by atoms with Crippen LogP contribution in [0.3, 0.4) is 0 Å². The first-order valence-corrected chi connectivity index (χ1v) is 11.4. The maximum atomic E-state index is 12.5. The quantitative estimate of drug-likeness (QED) is 0.507. The van der Waals surface area contributed by atoms with Crippen molar-refractivity contribution in [3.8, 4) is 0 Å². The molecule has 1 aromatic heterocycles. The first-order valence-electron chi connectivity index (χ1n) is 10.5. The predicted octanol–water partition coefficient (Wildman–Crippen LogP) is 5.87. The summed E-state index contributed by atoms with van der Waals surface area (Å²) in [6.07, 6.45) is 7.93. The van der Waals surface area contributed by atoms with E-state index in [9.17, 15) is 9.59 Å². The van der Waals surface area contributed by atoms with Crippen LogP contribution in [0.15, 0.2) is 35.7 Å². The highest BCUT2D eigenvalue weighted by Gasteiger charge is 2.27. The van der Waals surface area contributed by atoms with Gasteiger partial charge >= 0.3 is 5.97 Å². The van der Waals surface area contributed by atoms with Crippen LogP contribution < -0.4 is 4.90 Å². The molecule has 5 nitrogen and oxygen atoms in total. The van der Waals surface area contributed by atoms with Crippen LogP contribution in [0.2, 0.25) is 0 Å². The Hall–Kier alpha value is -2.21. The lowest BCUT2D eigenvalue weighted by atomic mass is 9.80. The molecule has 0 bridgehead atoms. The highest BCUT2D eigenvalue weighted by molar-refractivity contribution is 7.14. The molecule has 156 valence electrons. The van der Waals surface area contributed by atoms with E-state index in [0.717, 1.165) is 37.3 Å². The van der Waals surface area contributed by atoms with Crippen LogP contribution in [0.4, 0.5) is 10.8 Å². The lowest BCUT2D eigenvalue weighted by Crippen LogP contribution is -2.24. The number of hydrogen-bond acceptors (Lipinski definition) is 5. The van der Waals surface area contributed by atoms with E-state index in [0.29, 0.717) is 10.8 Å². The minimum atomic E-state index is -0.111. The number of unbranched alkanes of at least 4 members (excludes halogenated alkanes) is 1. The van der Waals surface area contributed by atoms with Gasteiger partial charge < -0.3 is 4.74 Å². The number of anilines is 2. The van der Waals surface area contributed by atoms with Gasteiger partial charge in [0.05, 0.1) is 17.3 Å². The van der Waals surface area contributed by atoms with Gasteiger partial charge in [0.25, 0.3) is 0 Å². The first-order chi connectivity index (χ1) is 14.1. The number of aromatic nitrogens is 1. The van der Waals surface area contributed by atoms with Crippen molar-refractivity contribution in [2.45, 2.75) is 65.4 Å². The molecule has 1 heterocycles. The Bertz CT molecular complexity index is 797. The summed E-state index contributed by atoms with van der Waals surface area (Å²) in [6, 6.07) is 9.43. The van der Waals surface area contributed by atoms with Crippen molar-refractivity contribution in [1.29, 1.82) is 0 Å². The number of benzene rings is 1. The van der Waals surface area contributed by atoms with Gasteiger partial charge in [-0.3, -0.25) is 14.5 Å². The third-order valence-corrected chi connectivity index (χ3v) is 6.44. The molecule has 1 saturated carbocycles. The number of carbonyl (C=O) groups excluding carboxylic acids is 2. The lowest BCUT2D eigenvalue weighted by molar-refractivity contribution is -0.151. The fraction of sp³-hybridized carbons (Fsp3) is 0.522.